The van der Waals surface area contributed by atoms with Crippen LogP contribution >= 0.6 is 11.6 Å². The molecule has 144 valence electrons. The predicted octanol–water partition coefficient (Wildman–Crippen LogP) is 4.69. The maximum Gasteiger partial charge on any atom is 0.387 e. The third kappa shape index (κ3) is 6.03. The molecule has 0 saturated heterocycles. The van der Waals surface area contributed by atoms with Gasteiger partial charge in [0.2, 0.25) is 0 Å². The third-order valence-corrected chi connectivity index (χ3v) is 3.35. The Kier molecular flexibility index (Phi) is 6.83. The number of carboxylic acids is 1. The Hall–Kier alpha value is -3.01. The summed E-state index contributed by atoms with van der Waals surface area (Å²) in [5.41, 5.74) is 2.64. The van der Waals surface area contributed by atoms with E-state index in [1.54, 1.807) is 0 Å². The maximum absolute atomic E-state index is 12.5. The van der Waals surface area contributed by atoms with Gasteiger partial charge in [-0.3, -0.25) is 5.43 Å². The number of rotatable bonds is 8. The van der Waals surface area contributed by atoms with Crippen LogP contribution in [0.15, 0.2) is 41.5 Å². The molecule has 2 N–H and O–H groups in total. The molecule has 0 spiro atoms. The minimum atomic E-state index is -3.19. The van der Waals surface area contributed by atoms with Gasteiger partial charge in [0, 0.05) is 11.6 Å². The fourth-order valence-corrected chi connectivity index (χ4v) is 2.13. The predicted molar refractivity (Wildman–Crippen MR) is 89.3 cm³/mol. The summed E-state index contributed by atoms with van der Waals surface area (Å²) in [6.07, 6.45) is 1.08. The fraction of sp³-hybridized carbons (Fsp3) is 0.125. The molecular weight excluding hydrogens is 396 g/mol. The molecule has 0 aliphatic carbocycles. The quantitative estimate of drug-likeness (QED) is 0.378. The number of anilines is 1. The van der Waals surface area contributed by atoms with E-state index in [2.05, 4.69) is 20.0 Å². The number of nitrogens with one attached hydrogen (secondary N) is 1. The van der Waals surface area contributed by atoms with Crippen molar-refractivity contribution in [2.75, 3.05) is 5.43 Å². The van der Waals surface area contributed by atoms with Crippen LogP contribution in [-0.4, -0.2) is 30.5 Å². The molecule has 0 aliphatic rings. The summed E-state index contributed by atoms with van der Waals surface area (Å²) in [6, 6.07) is 7.18. The van der Waals surface area contributed by atoms with Crippen LogP contribution < -0.4 is 14.9 Å². The minimum absolute atomic E-state index is 0.0271. The molecular formula is C16H11ClF4N2O4. The largest absolute Gasteiger partial charge is 0.478 e. The molecule has 6 nitrogen and oxygen atoms in total. The minimum Gasteiger partial charge on any atom is -0.478 e. The van der Waals surface area contributed by atoms with Gasteiger partial charge in [0.05, 0.1) is 22.5 Å². The summed E-state index contributed by atoms with van der Waals surface area (Å²) >= 11 is 5.74. The Labute approximate surface area is 155 Å². The number of hydrazone groups is 1. The number of benzene rings is 2. The lowest BCUT2D eigenvalue weighted by Gasteiger charge is -2.11. The maximum atomic E-state index is 12.5. The first kappa shape index (κ1) is 20.3. The normalized spacial score (nSPS) is 11.2. The lowest BCUT2D eigenvalue weighted by molar-refractivity contribution is -0.0543. The van der Waals surface area contributed by atoms with E-state index < -0.39 is 24.9 Å². The lowest BCUT2D eigenvalue weighted by atomic mass is 10.2. The zero-order chi connectivity index (χ0) is 20.0. The van der Waals surface area contributed by atoms with Crippen molar-refractivity contribution in [3.05, 3.63) is 52.5 Å². The summed E-state index contributed by atoms with van der Waals surface area (Å²) in [5.74, 6) is -2.04. The molecule has 0 atom stereocenters. The highest BCUT2D eigenvalue weighted by Crippen LogP contribution is 2.27. The molecule has 0 unspecified atom stereocenters. The van der Waals surface area contributed by atoms with Gasteiger partial charge >= 0.3 is 19.2 Å². The van der Waals surface area contributed by atoms with Gasteiger partial charge in [0.15, 0.2) is 0 Å². The fourth-order valence-electron chi connectivity index (χ4n) is 1.93. The van der Waals surface area contributed by atoms with Crippen LogP contribution in [0, 0.1) is 0 Å². The lowest BCUT2D eigenvalue weighted by Crippen LogP contribution is -2.07. The van der Waals surface area contributed by atoms with E-state index in [1.165, 1.54) is 24.3 Å². The first-order valence-corrected chi connectivity index (χ1v) is 7.49. The zero-order valence-electron chi connectivity index (χ0n) is 13.2. The van der Waals surface area contributed by atoms with E-state index in [9.17, 15) is 22.4 Å². The van der Waals surface area contributed by atoms with Gasteiger partial charge in [-0.15, -0.1) is 0 Å². The molecule has 2 rings (SSSR count). The molecule has 2 aromatic rings. The molecule has 0 heterocycles. The smallest absolute Gasteiger partial charge is 0.387 e. The standard InChI is InChI=1S/C16H11ClF4N2O4/c17-12-4-2-9(5-11(12)14(24)25)23-22-7-8-1-3-10(26-15(18)19)6-13(8)27-16(20)21/h1-7,15-16,23H,(H,24,25)/b22-7+. The topological polar surface area (TPSA) is 80.2 Å². The van der Waals surface area contributed by atoms with Crippen LogP contribution in [0.3, 0.4) is 0 Å². The molecule has 11 heteroatoms. The van der Waals surface area contributed by atoms with Crippen molar-refractivity contribution in [1.82, 2.24) is 0 Å². The van der Waals surface area contributed by atoms with Crippen LogP contribution in [0.1, 0.15) is 15.9 Å². The van der Waals surface area contributed by atoms with Crippen LogP contribution in [0.25, 0.3) is 0 Å². The molecule has 0 aliphatic heterocycles. The van der Waals surface area contributed by atoms with Crippen molar-refractivity contribution in [3.63, 3.8) is 0 Å². The highest BCUT2D eigenvalue weighted by Gasteiger charge is 2.13. The van der Waals surface area contributed by atoms with Crippen LogP contribution in [-0.2, 0) is 0 Å². The summed E-state index contributed by atoms with van der Waals surface area (Å²) in [6.45, 7) is -6.32. The van der Waals surface area contributed by atoms with E-state index in [0.717, 1.165) is 18.3 Å². The van der Waals surface area contributed by atoms with Crippen LogP contribution in [0.5, 0.6) is 11.5 Å². The van der Waals surface area contributed by atoms with Crippen molar-refractivity contribution in [2.45, 2.75) is 13.2 Å². The number of aromatic carboxylic acids is 1. The highest BCUT2D eigenvalue weighted by molar-refractivity contribution is 6.33. The first-order valence-electron chi connectivity index (χ1n) is 7.12. The first-order chi connectivity index (χ1) is 12.8. The Bertz CT molecular complexity index is 849. The molecule has 0 radical (unpaired) electrons. The zero-order valence-corrected chi connectivity index (χ0v) is 14.0. The summed E-state index contributed by atoms with van der Waals surface area (Å²) in [7, 11) is 0. The van der Waals surface area contributed by atoms with Crippen molar-refractivity contribution in [3.8, 4) is 11.5 Å². The molecule has 0 fully saturated rings. The van der Waals surface area contributed by atoms with E-state index in [1.807, 2.05) is 0 Å². The molecule has 0 aromatic heterocycles. The SMILES string of the molecule is O=C(O)c1cc(N/N=C/c2ccc(OC(F)F)cc2OC(F)F)ccc1Cl. The van der Waals surface area contributed by atoms with Crippen LogP contribution in [0.2, 0.25) is 5.02 Å². The molecule has 0 saturated carbocycles. The van der Waals surface area contributed by atoms with Gasteiger partial charge in [-0.1, -0.05) is 11.6 Å². The molecule has 0 bridgehead atoms. The van der Waals surface area contributed by atoms with Gasteiger partial charge in [-0.25, -0.2) is 4.79 Å². The average Bonchev–Trinajstić information content (AvgIpc) is 2.57. The number of hydrogen-bond donors (Lipinski definition) is 2. The van der Waals surface area contributed by atoms with E-state index >= 15 is 0 Å². The molecule has 2 aromatic carbocycles. The van der Waals surface area contributed by atoms with Gasteiger partial charge < -0.3 is 14.6 Å². The van der Waals surface area contributed by atoms with Gasteiger partial charge in [0.1, 0.15) is 11.5 Å². The van der Waals surface area contributed by atoms with Crippen LogP contribution in [0.4, 0.5) is 23.2 Å². The number of ether oxygens (including phenoxy) is 2. The third-order valence-electron chi connectivity index (χ3n) is 3.02. The second kappa shape index (κ2) is 9.08. The monoisotopic (exact) mass is 406 g/mol. The van der Waals surface area contributed by atoms with E-state index in [-0.39, 0.29) is 27.6 Å². The summed E-state index contributed by atoms with van der Waals surface area (Å²) in [5, 5.41) is 12.8. The van der Waals surface area contributed by atoms with E-state index in [4.69, 9.17) is 16.7 Å². The van der Waals surface area contributed by atoms with Crippen molar-refractivity contribution >= 4 is 29.5 Å². The summed E-state index contributed by atoms with van der Waals surface area (Å²) in [4.78, 5) is 11.0. The van der Waals surface area contributed by atoms with Gasteiger partial charge in [-0.05, 0) is 30.3 Å². The molecule has 27 heavy (non-hydrogen) atoms. The Morgan fingerprint density at radius 1 is 1.11 bits per heavy atom. The Balaban J connectivity index is 2.20. The second-order valence-electron chi connectivity index (χ2n) is 4.83. The Morgan fingerprint density at radius 3 is 2.44 bits per heavy atom. The Morgan fingerprint density at radius 2 is 1.81 bits per heavy atom. The van der Waals surface area contributed by atoms with E-state index in [0.29, 0.717) is 0 Å². The van der Waals surface area contributed by atoms with Crippen molar-refractivity contribution < 1.29 is 36.9 Å². The van der Waals surface area contributed by atoms with Crippen molar-refractivity contribution in [1.29, 1.82) is 0 Å². The van der Waals surface area contributed by atoms with Gasteiger partial charge in [-0.2, -0.15) is 22.7 Å². The van der Waals surface area contributed by atoms with Crippen molar-refractivity contribution in [2.24, 2.45) is 5.10 Å². The number of nitrogens with zero attached hydrogens (tertiary/aromatic N) is 1. The number of hydrogen-bond acceptors (Lipinski definition) is 5. The van der Waals surface area contributed by atoms with Gasteiger partial charge in [0.25, 0.3) is 0 Å². The second-order valence-corrected chi connectivity index (χ2v) is 5.23. The highest BCUT2D eigenvalue weighted by atomic mass is 35.5. The number of alkyl halides is 4. The number of carbonyl (C=O) groups is 1. The molecule has 0 amide bonds. The number of halogens is 5. The number of carboxylic acid groups (broad SMARTS) is 1. The average molecular weight is 407 g/mol. The summed E-state index contributed by atoms with van der Waals surface area (Å²) < 4.78 is 57.8.